The number of rotatable bonds is 6. The van der Waals surface area contributed by atoms with Crippen LogP contribution in [-0.2, 0) is 11.2 Å². The Bertz CT molecular complexity index is 693. The highest BCUT2D eigenvalue weighted by atomic mass is 16.3. The van der Waals surface area contributed by atoms with Gasteiger partial charge in [0, 0.05) is 11.6 Å². The summed E-state index contributed by atoms with van der Waals surface area (Å²) in [5.74, 6) is -0.898. The molecule has 1 aliphatic rings. The molecular formula is C20H21NO3. The quantitative estimate of drug-likeness (QED) is 0.633. The molecule has 2 N–H and O–H groups in total. The highest BCUT2D eigenvalue weighted by Gasteiger charge is 2.35. The minimum atomic E-state index is -0.580. The van der Waals surface area contributed by atoms with E-state index in [9.17, 15) is 14.7 Å². The maximum atomic E-state index is 12.3. The van der Waals surface area contributed by atoms with Crippen molar-refractivity contribution in [1.29, 1.82) is 0 Å². The molecule has 1 atom stereocenters. The topological polar surface area (TPSA) is 66.4 Å². The van der Waals surface area contributed by atoms with Gasteiger partial charge in [0.05, 0.1) is 6.10 Å². The maximum Gasteiger partial charge on any atom is 0.292 e. The van der Waals surface area contributed by atoms with Gasteiger partial charge in [0.2, 0.25) is 5.78 Å². The molecular weight excluding hydrogens is 302 g/mol. The van der Waals surface area contributed by atoms with Gasteiger partial charge in [0.1, 0.15) is 0 Å². The summed E-state index contributed by atoms with van der Waals surface area (Å²) in [5, 5.41) is 12.5. The number of nitrogens with one attached hydrogen (secondary N) is 1. The third kappa shape index (κ3) is 3.89. The van der Waals surface area contributed by atoms with Crippen molar-refractivity contribution in [3.63, 3.8) is 0 Å². The molecule has 24 heavy (non-hydrogen) atoms. The molecule has 0 aliphatic heterocycles. The van der Waals surface area contributed by atoms with Crippen LogP contribution in [0, 0.1) is 5.92 Å². The minimum absolute atomic E-state index is 0.143. The van der Waals surface area contributed by atoms with Crippen molar-refractivity contribution < 1.29 is 14.7 Å². The van der Waals surface area contributed by atoms with Crippen LogP contribution in [0.4, 0.5) is 0 Å². The number of benzene rings is 2. The van der Waals surface area contributed by atoms with Crippen molar-refractivity contribution in [1.82, 2.24) is 5.32 Å². The van der Waals surface area contributed by atoms with Crippen molar-refractivity contribution in [3.8, 4) is 0 Å². The van der Waals surface area contributed by atoms with E-state index in [1.165, 1.54) is 0 Å². The molecule has 1 aliphatic carbocycles. The summed E-state index contributed by atoms with van der Waals surface area (Å²) in [6.45, 7) is 0. The predicted molar refractivity (Wildman–Crippen MR) is 91.6 cm³/mol. The summed E-state index contributed by atoms with van der Waals surface area (Å²) in [7, 11) is 0. The van der Waals surface area contributed by atoms with E-state index in [1.54, 1.807) is 24.3 Å². The van der Waals surface area contributed by atoms with Crippen molar-refractivity contribution >= 4 is 11.7 Å². The molecule has 2 aromatic carbocycles. The van der Waals surface area contributed by atoms with Crippen molar-refractivity contribution in [2.45, 2.75) is 31.4 Å². The number of hydrogen-bond donors (Lipinski definition) is 2. The lowest BCUT2D eigenvalue weighted by molar-refractivity contribution is -0.118. The molecule has 124 valence electrons. The third-order valence-corrected chi connectivity index (χ3v) is 4.58. The van der Waals surface area contributed by atoms with E-state index in [-0.39, 0.29) is 18.1 Å². The SMILES string of the molecule is O=C(N[C@@H](Cc1ccccc1)C1CC(O)C1)C(=O)c1ccccc1. The van der Waals surface area contributed by atoms with Crippen LogP contribution < -0.4 is 5.32 Å². The Morgan fingerprint density at radius 2 is 1.58 bits per heavy atom. The molecule has 4 nitrogen and oxygen atoms in total. The average Bonchev–Trinajstić information content (AvgIpc) is 2.59. The Morgan fingerprint density at radius 1 is 1.00 bits per heavy atom. The molecule has 0 heterocycles. The molecule has 4 heteroatoms. The Kier molecular flexibility index (Phi) is 5.06. The molecule has 1 saturated carbocycles. The van der Waals surface area contributed by atoms with Crippen LogP contribution in [0.15, 0.2) is 60.7 Å². The van der Waals surface area contributed by atoms with Crippen molar-refractivity contribution in [3.05, 3.63) is 71.8 Å². The van der Waals surface area contributed by atoms with Gasteiger partial charge in [0.15, 0.2) is 0 Å². The molecule has 0 aromatic heterocycles. The Labute approximate surface area is 141 Å². The first-order valence-corrected chi connectivity index (χ1v) is 8.25. The van der Waals surface area contributed by atoms with Crippen LogP contribution >= 0.6 is 0 Å². The van der Waals surface area contributed by atoms with E-state index in [1.807, 2.05) is 36.4 Å². The van der Waals surface area contributed by atoms with Gasteiger partial charge < -0.3 is 10.4 Å². The average molecular weight is 323 g/mol. The second-order valence-electron chi connectivity index (χ2n) is 6.35. The second kappa shape index (κ2) is 7.41. The molecule has 0 unspecified atom stereocenters. The monoisotopic (exact) mass is 323 g/mol. The minimum Gasteiger partial charge on any atom is -0.393 e. The van der Waals surface area contributed by atoms with Crippen LogP contribution in [0.25, 0.3) is 0 Å². The number of ketones is 1. The number of hydrogen-bond acceptors (Lipinski definition) is 3. The molecule has 0 spiro atoms. The van der Waals surface area contributed by atoms with Crippen LogP contribution in [0.5, 0.6) is 0 Å². The summed E-state index contributed by atoms with van der Waals surface area (Å²) in [6.07, 6.45) is 1.69. The second-order valence-corrected chi connectivity index (χ2v) is 6.35. The summed E-state index contributed by atoms with van der Waals surface area (Å²) < 4.78 is 0. The zero-order valence-corrected chi connectivity index (χ0v) is 13.4. The highest BCUT2D eigenvalue weighted by molar-refractivity contribution is 6.42. The van der Waals surface area contributed by atoms with E-state index in [2.05, 4.69) is 5.32 Å². The van der Waals surface area contributed by atoms with Crippen LogP contribution in [0.1, 0.15) is 28.8 Å². The first kappa shape index (κ1) is 16.4. The van der Waals surface area contributed by atoms with E-state index in [4.69, 9.17) is 0 Å². The summed E-state index contributed by atoms with van der Waals surface area (Å²) in [5.41, 5.74) is 1.50. The van der Waals surface area contributed by atoms with E-state index >= 15 is 0 Å². The summed E-state index contributed by atoms with van der Waals surface area (Å²) in [6, 6.07) is 18.3. The molecule has 1 amide bonds. The number of amides is 1. The van der Waals surface area contributed by atoms with Gasteiger partial charge in [-0.3, -0.25) is 9.59 Å². The van der Waals surface area contributed by atoms with Gasteiger partial charge in [-0.25, -0.2) is 0 Å². The number of aliphatic hydroxyl groups excluding tert-OH is 1. The summed E-state index contributed by atoms with van der Waals surface area (Å²) >= 11 is 0. The third-order valence-electron chi connectivity index (χ3n) is 4.58. The first-order chi connectivity index (χ1) is 11.6. The fraction of sp³-hybridized carbons (Fsp3) is 0.300. The molecule has 1 fully saturated rings. The van der Waals surface area contributed by atoms with Crippen LogP contribution in [0.2, 0.25) is 0 Å². The van der Waals surface area contributed by atoms with Crippen molar-refractivity contribution in [2.24, 2.45) is 5.92 Å². The highest BCUT2D eigenvalue weighted by Crippen LogP contribution is 2.31. The van der Waals surface area contributed by atoms with E-state index in [0.29, 0.717) is 24.8 Å². The fourth-order valence-corrected chi connectivity index (χ4v) is 3.12. The predicted octanol–water partition coefficient (Wildman–Crippen LogP) is 2.37. The summed E-state index contributed by atoms with van der Waals surface area (Å²) in [4.78, 5) is 24.6. The number of carbonyl (C=O) groups is 2. The largest absolute Gasteiger partial charge is 0.393 e. The lowest BCUT2D eigenvalue weighted by atomic mass is 9.75. The Hall–Kier alpha value is -2.46. The van der Waals surface area contributed by atoms with Gasteiger partial charge in [-0.15, -0.1) is 0 Å². The Morgan fingerprint density at radius 3 is 2.17 bits per heavy atom. The maximum absolute atomic E-state index is 12.3. The van der Waals surface area contributed by atoms with Gasteiger partial charge >= 0.3 is 0 Å². The van der Waals surface area contributed by atoms with Gasteiger partial charge in [-0.05, 0) is 30.7 Å². The lowest BCUT2D eigenvalue weighted by Crippen LogP contribution is -2.49. The van der Waals surface area contributed by atoms with Gasteiger partial charge in [-0.1, -0.05) is 60.7 Å². The number of Topliss-reactive ketones (excluding diaryl/α,β-unsaturated/α-hetero) is 1. The Balaban J connectivity index is 1.69. The zero-order valence-electron chi connectivity index (χ0n) is 13.4. The van der Waals surface area contributed by atoms with E-state index in [0.717, 1.165) is 5.56 Å². The standard InChI is InChI=1S/C20H21NO3/c22-17-12-16(13-17)18(11-14-7-3-1-4-8-14)21-20(24)19(23)15-9-5-2-6-10-15/h1-10,16-18,22H,11-13H2,(H,21,24)/t16?,17?,18-/m0/s1. The molecule has 2 aromatic rings. The van der Waals surface area contributed by atoms with Crippen molar-refractivity contribution in [2.75, 3.05) is 0 Å². The van der Waals surface area contributed by atoms with Gasteiger partial charge in [-0.2, -0.15) is 0 Å². The fourth-order valence-electron chi connectivity index (χ4n) is 3.12. The van der Waals surface area contributed by atoms with Crippen LogP contribution in [0.3, 0.4) is 0 Å². The number of aliphatic hydroxyl groups is 1. The first-order valence-electron chi connectivity index (χ1n) is 8.25. The molecule has 0 bridgehead atoms. The molecule has 3 rings (SSSR count). The number of carbonyl (C=O) groups excluding carboxylic acids is 2. The van der Waals surface area contributed by atoms with E-state index < -0.39 is 11.7 Å². The smallest absolute Gasteiger partial charge is 0.292 e. The zero-order chi connectivity index (χ0) is 16.9. The molecule has 0 radical (unpaired) electrons. The van der Waals surface area contributed by atoms with Crippen LogP contribution in [-0.4, -0.2) is 28.9 Å². The van der Waals surface area contributed by atoms with Gasteiger partial charge in [0.25, 0.3) is 5.91 Å². The lowest BCUT2D eigenvalue weighted by Gasteiger charge is -2.38. The molecule has 0 saturated heterocycles. The normalized spacial score (nSPS) is 20.7.